The first-order valence-electron chi connectivity index (χ1n) is 7.12. The van der Waals surface area contributed by atoms with Gasteiger partial charge in [-0.1, -0.05) is 12.1 Å². The molecule has 0 unspecified atom stereocenters. The molecule has 0 aliphatic rings. The number of nitriles is 1. The van der Waals surface area contributed by atoms with Crippen LogP contribution in [0.1, 0.15) is 22.6 Å². The van der Waals surface area contributed by atoms with E-state index in [1.54, 1.807) is 16.8 Å². The molecule has 0 saturated carbocycles. The van der Waals surface area contributed by atoms with Crippen molar-refractivity contribution in [1.29, 1.82) is 5.26 Å². The Hall–Kier alpha value is -3.27. The van der Waals surface area contributed by atoms with E-state index in [9.17, 15) is 4.79 Å². The fraction of sp³-hybridized carbons (Fsp3) is 0.188. The van der Waals surface area contributed by atoms with Crippen LogP contribution in [-0.2, 0) is 6.54 Å². The molecule has 2 heterocycles. The summed E-state index contributed by atoms with van der Waals surface area (Å²) < 4.78 is 1.60. The van der Waals surface area contributed by atoms with Gasteiger partial charge >= 0.3 is 0 Å². The number of aryl methyl sites for hydroxylation is 2. The number of carbonyl (C=O) groups excluding carboxylic acids is 1. The summed E-state index contributed by atoms with van der Waals surface area (Å²) in [5, 5.41) is 15.7. The zero-order valence-electron chi connectivity index (χ0n) is 12.5. The molecule has 114 valence electrons. The van der Waals surface area contributed by atoms with Gasteiger partial charge in [-0.05, 0) is 19.1 Å². The van der Waals surface area contributed by atoms with Crippen molar-refractivity contribution in [2.45, 2.75) is 19.9 Å². The molecule has 7 heteroatoms. The maximum atomic E-state index is 12.4. The third kappa shape index (κ3) is 3.16. The van der Waals surface area contributed by atoms with Crippen LogP contribution in [0.25, 0.3) is 11.0 Å². The quantitative estimate of drug-likeness (QED) is 0.797. The SMILES string of the molecule is Cc1cc(NC(=O)c2cnc3ccccc3n2)n(CCC#N)n1. The highest BCUT2D eigenvalue weighted by atomic mass is 16.2. The molecular formula is C16H14N6O. The Kier molecular flexibility index (Phi) is 3.97. The number of anilines is 1. The molecule has 0 fully saturated rings. The minimum absolute atomic E-state index is 0.231. The van der Waals surface area contributed by atoms with E-state index >= 15 is 0 Å². The molecule has 1 aromatic carbocycles. The van der Waals surface area contributed by atoms with Gasteiger partial charge in [-0.3, -0.25) is 9.78 Å². The van der Waals surface area contributed by atoms with Crippen LogP contribution >= 0.6 is 0 Å². The number of hydrogen-bond donors (Lipinski definition) is 1. The Labute approximate surface area is 132 Å². The second kappa shape index (κ2) is 6.23. The highest BCUT2D eigenvalue weighted by Gasteiger charge is 2.13. The summed E-state index contributed by atoms with van der Waals surface area (Å²) in [5.41, 5.74) is 2.39. The lowest BCUT2D eigenvalue weighted by Gasteiger charge is -2.07. The van der Waals surface area contributed by atoms with Crippen molar-refractivity contribution in [2.24, 2.45) is 0 Å². The molecule has 3 rings (SSSR count). The van der Waals surface area contributed by atoms with E-state index in [1.165, 1.54) is 6.20 Å². The lowest BCUT2D eigenvalue weighted by molar-refractivity contribution is 0.102. The van der Waals surface area contributed by atoms with Crippen molar-refractivity contribution in [3.05, 3.63) is 47.9 Å². The molecule has 0 atom stereocenters. The molecule has 1 N–H and O–H groups in total. The Morgan fingerprint density at radius 3 is 2.91 bits per heavy atom. The van der Waals surface area contributed by atoms with Crippen molar-refractivity contribution in [3.8, 4) is 6.07 Å². The molecule has 0 aliphatic carbocycles. The van der Waals surface area contributed by atoms with Crippen molar-refractivity contribution < 1.29 is 4.79 Å². The lowest BCUT2D eigenvalue weighted by Crippen LogP contribution is -2.17. The summed E-state index contributed by atoms with van der Waals surface area (Å²) >= 11 is 0. The summed E-state index contributed by atoms with van der Waals surface area (Å²) in [4.78, 5) is 20.9. The van der Waals surface area contributed by atoms with Crippen molar-refractivity contribution >= 4 is 22.8 Å². The van der Waals surface area contributed by atoms with E-state index in [4.69, 9.17) is 5.26 Å². The van der Waals surface area contributed by atoms with Crippen LogP contribution in [0.15, 0.2) is 36.5 Å². The Balaban J connectivity index is 1.84. The molecule has 2 aromatic heterocycles. The van der Waals surface area contributed by atoms with E-state index < -0.39 is 0 Å². The van der Waals surface area contributed by atoms with E-state index in [1.807, 2.05) is 25.1 Å². The number of hydrogen-bond acceptors (Lipinski definition) is 5. The first kappa shape index (κ1) is 14.7. The van der Waals surface area contributed by atoms with Crippen LogP contribution in [0.2, 0.25) is 0 Å². The van der Waals surface area contributed by atoms with Gasteiger partial charge in [-0.2, -0.15) is 10.4 Å². The molecule has 0 saturated heterocycles. The number of para-hydroxylation sites is 2. The normalized spacial score (nSPS) is 10.4. The maximum Gasteiger partial charge on any atom is 0.277 e. The minimum atomic E-state index is -0.360. The summed E-state index contributed by atoms with van der Waals surface area (Å²) in [6, 6.07) is 11.2. The first-order chi connectivity index (χ1) is 11.2. The summed E-state index contributed by atoms with van der Waals surface area (Å²) in [7, 11) is 0. The van der Waals surface area contributed by atoms with E-state index in [0.29, 0.717) is 24.3 Å². The molecule has 0 radical (unpaired) electrons. The molecule has 0 bridgehead atoms. The zero-order chi connectivity index (χ0) is 16.2. The third-order valence-corrected chi connectivity index (χ3v) is 3.26. The monoisotopic (exact) mass is 306 g/mol. The largest absolute Gasteiger partial charge is 0.305 e. The van der Waals surface area contributed by atoms with Crippen LogP contribution in [0.5, 0.6) is 0 Å². The van der Waals surface area contributed by atoms with Crippen molar-refractivity contribution in [3.63, 3.8) is 0 Å². The Bertz CT molecular complexity index is 908. The Morgan fingerprint density at radius 1 is 1.35 bits per heavy atom. The van der Waals surface area contributed by atoms with Gasteiger partial charge < -0.3 is 5.32 Å². The summed E-state index contributed by atoms with van der Waals surface area (Å²) in [6.45, 7) is 2.25. The zero-order valence-corrected chi connectivity index (χ0v) is 12.5. The predicted octanol–water partition coefficient (Wildman–Crippen LogP) is 2.30. The standard InChI is InChI=1S/C16H14N6O/c1-11-9-15(22(21-11)8-4-7-17)20-16(23)14-10-18-12-5-2-3-6-13(12)19-14/h2-3,5-6,9-10H,4,8H2,1H3,(H,20,23). The highest BCUT2D eigenvalue weighted by Crippen LogP contribution is 2.13. The number of nitrogens with zero attached hydrogens (tertiary/aromatic N) is 5. The van der Waals surface area contributed by atoms with Crippen LogP contribution in [0.3, 0.4) is 0 Å². The number of amides is 1. The van der Waals surface area contributed by atoms with Gasteiger partial charge in [-0.15, -0.1) is 0 Å². The van der Waals surface area contributed by atoms with Crippen LogP contribution in [0.4, 0.5) is 5.82 Å². The van der Waals surface area contributed by atoms with Gasteiger partial charge in [0.1, 0.15) is 11.5 Å². The number of benzene rings is 1. The lowest BCUT2D eigenvalue weighted by atomic mass is 10.3. The predicted molar refractivity (Wildman–Crippen MR) is 84.7 cm³/mol. The van der Waals surface area contributed by atoms with E-state index in [2.05, 4.69) is 26.5 Å². The molecule has 3 aromatic rings. The van der Waals surface area contributed by atoms with Crippen molar-refractivity contribution in [2.75, 3.05) is 5.32 Å². The fourth-order valence-corrected chi connectivity index (χ4v) is 2.22. The van der Waals surface area contributed by atoms with Crippen LogP contribution in [0, 0.1) is 18.3 Å². The molecule has 7 nitrogen and oxygen atoms in total. The molecule has 0 aliphatic heterocycles. The van der Waals surface area contributed by atoms with E-state index in [-0.39, 0.29) is 11.6 Å². The third-order valence-electron chi connectivity index (χ3n) is 3.26. The number of aromatic nitrogens is 4. The maximum absolute atomic E-state index is 12.4. The van der Waals surface area contributed by atoms with Gasteiger partial charge in [0.2, 0.25) is 0 Å². The van der Waals surface area contributed by atoms with Gasteiger partial charge in [0.05, 0.1) is 42.0 Å². The number of carbonyl (C=O) groups is 1. The number of fused-ring (bicyclic) bond motifs is 1. The topological polar surface area (TPSA) is 96.5 Å². The smallest absolute Gasteiger partial charge is 0.277 e. The first-order valence-corrected chi connectivity index (χ1v) is 7.12. The number of nitrogens with one attached hydrogen (secondary N) is 1. The number of rotatable bonds is 4. The van der Waals surface area contributed by atoms with Crippen LogP contribution < -0.4 is 5.32 Å². The molecular weight excluding hydrogens is 292 g/mol. The second-order valence-corrected chi connectivity index (χ2v) is 5.00. The second-order valence-electron chi connectivity index (χ2n) is 5.00. The molecule has 1 amide bonds. The van der Waals surface area contributed by atoms with Gasteiger partial charge in [-0.25, -0.2) is 9.67 Å². The van der Waals surface area contributed by atoms with E-state index in [0.717, 1.165) is 11.2 Å². The van der Waals surface area contributed by atoms with Crippen molar-refractivity contribution in [1.82, 2.24) is 19.7 Å². The minimum Gasteiger partial charge on any atom is -0.305 e. The highest BCUT2D eigenvalue weighted by molar-refractivity contribution is 6.03. The average molecular weight is 306 g/mol. The summed E-state index contributed by atoms with van der Waals surface area (Å²) in [5.74, 6) is 0.180. The fourth-order valence-electron chi connectivity index (χ4n) is 2.22. The summed E-state index contributed by atoms with van der Waals surface area (Å²) in [6.07, 6.45) is 1.76. The van der Waals surface area contributed by atoms with Crippen LogP contribution in [-0.4, -0.2) is 25.7 Å². The molecule has 23 heavy (non-hydrogen) atoms. The van der Waals surface area contributed by atoms with Gasteiger partial charge in [0.15, 0.2) is 0 Å². The van der Waals surface area contributed by atoms with Gasteiger partial charge in [0.25, 0.3) is 5.91 Å². The Morgan fingerprint density at radius 2 is 2.13 bits per heavy atom. The molecule has 0 spiro atoms. The van der Waals surface area contributed by atoms with Gasteiger partial charge in [0, 0.05) is 6.07 Å². The average Bonchev–Trinajstić information content (AvgIpc) is 2.91.